The third-order valence-corrected chi connectivity index (χ3v) is 3.64. The van der Waals surface area contributed by atoms with Crippen LogP contribution in [0.5, 0.6) is 0 Å². The van der Waals surface area contributed by atoms with Crippen molar-refractivity contribution in [3.8, 4) is 0 Å². The molecule has 114 valence electrons. The molecule has 0 aliphatic rings. The van der Waals surface area contributed by atoms with Crippen molar-refractivity contribution < 1.29 is 5.11 Å². The van der Waals surface area contributed by atoms with Crippen LogP contribution >= 0.6 is 0 Å². The van der Waals surface area contributed by atoms with Gasteiger partial charge in [0.15, 0.2) is 0 Å². The van der Waals surface area contributed by atoms with Crippen molar-refractivity contribution in [3.63, 3.8) is 0 Å². The maximum atomic E-state index is 10.4. The van der Waals surface area contributed by atoms with Crippen molar-refractivity contribution in [2.75, 3.05) is 13.1 Å². The maximum absolute atomic E-state index is 10.4. The highest BCUT2D eigenvalue weighted by atomic mass is 16.3. The SMILES string of the molecule is CCCc1ccc(C(O)CN(CC(C)C)C(C)C)cc1. The molecule has 1 N–H and O–H groups in total. The van der Waals surface area contributed by atoms with Gasteiger partial charge in [0.05, 0.1) is 6.10 Å². The summed E-state index contributed by atoms with van der Waals surface area (Å²) in [6.07, 6.45) is 1.88. The molecular formula is C18H31NO. The quantitative estimate of drug-likeness (QED) is 0.775. The second kappa shape index (κ2) is 8.43. The van der Waals surface area contributed by atoms with Gasteiger partial charge in [0, 0.05) is 19.1 Å². The summed E-state index contributed by atoms with van der Waals surface area (Å²) in [7, 11) is 0. The van der Waals surface area contributed by atoms with Crippen LogP contribution in [0.2, 0.25) is 0 Å². The number of aliphatic hydroxyl groups is 1. The predicted molar refractivity (Wildman–Crippen MR) is 86.9 cm³/mol. The fourth-order valence-electron chi connectivity index (χ4n) is 2.49. The van der Waals surface area contributed by atoms with Gasteiger partial charge < -0.3 is 5.11 Å². The third kappa shape index (κ3) is 5.64. The first kappa shape index (κ1) is 17.2. The molecule has 0 bridgehead atoms. The maximum Gasteiger partial charge on any atom is 0.0917 e. The summed E-state index contributed by atoms with van der Waals surface area (Å²) in [6.45, 7) is 12.8. The smallest absolute Gasteiger partial charge is 0.0917 e. The molecule has 0 fully saturated rings. The second-order valence-corrected chi connectivity index (χ2v) is 6.45. The van der Waals surface area contributed by atoms with Gasteiger partial charge in [-0.25, -0.2) is 0 Å². The second-order valence-electron chi connectivity index (χ2n) is 6.45. The number of benzene rings is 1. The molecule has 1 unspecified atom stereocenters. The van der Waals surface area contributed by atoms with Crippen LogP contribution in [0.3, 0.4) is 0 Å². The number of aliphatic hydroxyl groups excluding tert-OH is 1. The minimum atomic E-state index is -0.396. The summed E-state index contributed by atoms with van der Waals surface area (Å²) in [6, 6.07) is 8.90. The summed E-state index contributed by atoms with van der Waals surface area (Å²) in [4.78, 5) is 2.36. The van der Waals surface area contributed by atoms with Crippen molar-refractivity contribution in [2.45, 2.75) is 59.6 Å². The van der Waals surface area contributed by atoms with Crippen LogP contribution in [-0.2, 0) is 6.42 Å². The van der Waals surface area contributed by atoms with Gasteiger partial charge in [-0.2, -0.15) is 0 Å². The Labute approximate surface area is 124 Å². The molecule has 0 heterocycles. The lowest BCUT2D eigenvalue weighted by Crippen LogP contribution is -2.37. The minimum Gasteiger partial charge on any atom is -0.387 e. The summed E-state index contributed by atoms with van der Waals surface area (Å²) in [5.74, 6) is 0.622. The van der Waals surface area contributed by atoms with Crippen LogP contribution in [0.25, 0.3) is 0 Å². The molecule has 0 aliphatic heterocycles. The number of hydrogen-bond donors (Lipinski definition) is 1. The van der Waals surface area contributed by atoms with Gasteiger partial charge in [-0.3, -0.25) is 4.90 Å². The monoisotopic (exact) mass is 277 g/mol. The van der Waals surface area contributed by atoms with Crippen LogP contribution in [0.15, 0.2) is 24.3 Å². The zero-order valence-corrected chi connectivity index (χ0v) is 13.8. The summed E-state index contributed by atoms with van der Waals surface area (Å²) in [5.41, 5.74) is 2.38. The molecule has 0 saturated heterocycles. The van der Waals surface area contributed by atoms with Gasteiger partial charge in [-0.1, -0.05) is 51.5 Å². The normalized spacial score (nSPS) is 13.4. The van der Waals surface area contributed by atoms with Crippen LogP contribution < -0.4 is 0 Å². The Kier molecular flexibility index (Phi) is 7.25. The molecule has 0 radical (unpaired) electrons. The zero-order chi connectivity index (χ0) is 15.1. The molecule has 2 heteroatoms. The van der Waals surface area contributed by atoms with Crippen molar-refractivity contribution in [1.82, 2.24) is 4.90 Å². The number of rotatable bonds is 8. The van der Waals surface area contributed by atoms with Crippen LogP contribution in [-0.4, -0.2) is 29.1 Å². The molecular weight excluding hydrogens is 246 g/mol. The molecule has 1 aromatic carbocycles. The lowest BCUT2D eigenvalue weighted by atomic mass is 10.0. The summed E-state index contributed by atoms with van der Waals surface area (Å²) in [5, 5.41) is 10.4. The van der Waals surface area contributed by atoms with E-state index in [-0.39, 0.29) is 0 Å². The van der Waals surface area contributed by atoms with Crippen molar-refractivity contribution in [1.29, 1.82) is 0 Å². The van der Waals surface area contributed by atoms with Crippen molar-refractivity contribution >= 4 is 0 Å². The molecule has 0 spiro atoms. The van der Waals surface area contributed by atoms with E-state index >= 15 is 0 Å². The molecule has 2 nitrogen and oxygen atoms in total. The van der Waals surface area contributed by atoms with Crippen LogP contribution in [0.4, 0.5) is 0 Å². The fourth-order valence-corrected chi connectivity index (χ4v) is 2.49. The largest absolute Gasteiger partial charge is 0.387 e. The molecule has 0 aromatic heterocycles. The zero-order valence-electron chi connectivity index (χ0n) is 13.8. The highest BCUT2D eigenvalue weighted by molar-refractivity contribution is 5.24. The van der Waals surface area contributed by atoms with E-state index < -0.39 is 6.10 Å². The molecule has 1 atom stereocenters. The van der Waals surface area contributed by atoms with E-state index in [0.29, 0.717) is 18.5 Å². The fraction of sp³-hybridized carbons (Fsp3) is 0.667. The van der Waals surface area contributed by atoms with Gasteiger partial charge in [-0.15, -0.1) is 0 Å². The molecule has 1 rings (SSSR count). The van der Waals surface area contributed by atoms with Gasteiger partial charge in [0.2, 0.25) is 0 Å². The highest BCUT2D eigenvalue weighted by Crippen LogP contribution is 2.18. The van der Waals surface area contributed by atoms with E-state index in [4.69, 9.17) is 0 Å². The Morgan fingerprint density at radius 3 is 2.05 bits per heavy atom. The average Bonchev–Trinajstić information content (AvgIpc) is 2.38. The van der Waals surface area contributed by atoms with E-state index in [2.05, 4.69) is 63.8 Å². The Morgan fingerprint density at radius 2 is 1.60 bits per heavy atom. The average molecular weight is 277 g/mol. The highest BCUT2D eigenvalue weighted by Gasteiger charge is 2.17. The van der Waals surface area contributed by atoms with E-state index in [1.807, 2.05) is 0 Å². The molecule has 1 aromatic rings. The topological polar surface area (TPSA) is 23.5 Å². The Balaban J connectivity index is 2.65. The Morgan fingerprint density at radius 1 is 1.00 bits per heavy atom. The molecule has 0 saturated carbocycles. The molecule has 20 heavy (non-hydrogen) atoms. The number of aryl methyl sites for hydroxylation is 1. The predicted octanol–water partition coefficient (Wildman–Crippen LogP) is 4.04. The Bertz CT molecular complexity index is 370. The van der Waals surface area contributed by atoms with Gasteiger partial charge in [0.25, 0.3) is 0 Å². The Hall–Kier alpha value is -0.860. The first-order valence-electron chi connectivity index (χ1n) is 7.95. The van der Waals surface area contributed by atoms with Gasteiger partial charge in [-0.05, 0) is 37.3 Å². The number of hydrogen-bond acceptors (Lipinski definition) is 2. The summed E-state index contributed by atoms with van der Waals surface area (Å²) >= 11 is 0. The standard InChI is InChI=1S/C18H31NO/c1-6-7-16-8-10-17(11-9-16)18(20)13-19(15(4)5)12-14(2)3/h8-11,14-15,18,20H,6-7,12-13H2,1-5H3. The third-order valence-electron chi connectivity index (χ3n) is 3.64. The summed E-state index contributed by atoms with van der Waals surface area (Å²) < 4.78 is 0. The first-order chi connectivity index (χ1) is 9.43. The van der Waals surface area contributed by atoms with Crippen molar-refractivity contribution in [3.05, 3.63) is 35.4 Å². The van der Waals surface area contributed by atoms with E-state index in [1.165, 1.54) is 5.56 Å². The van der Waals surface area contributed by atoms with E-state index in [1.54, 1.807) is 0 Å². The molecule has 0 amide bonds. The van der Waals surface area contributed by atoms with E-state index in [0.717, 1.165) is 24.9 Å². The molecule has 0 aliphatic carbocycles. The van der Waals surface area contributed by atoms with Crippen LogP contribution in [0.1, 0.15) is 58.3 Å². The van der Waals surface area contributed by atoms with E-state index in [9.17, 15) is 5.11 Å². The van der Waals surface area contributed by atoms with Crippen molar-refractivity contribution in [2.24, 2.45) is 5.92 Å². The number of nitrogens with zero attached hydrogens (tertiary/aromatic N) is 1. The lowest BCUT2D eigenvalue weighted by molar-refractivity contribution is 0.0877. The first-order valence-corrected chi connectivity index (χ1v) is 7.95. The minimum absolute atomic E-state index is 0.396. The van der Waals surface area contributed by atoms with Gasteiger partial charge >= 0.3 is 0 Å². The lowest BCUT2D eigenvalue weighted by Gasteiger charge is -2.30. The van der Waals surface area contributed by atoms with Crippen LogP contribution in [0, 0.1) is 5.92 Å². The van der Waals surface area contributed by atoms with Gasteiger partial charge in [0.1, 0.15) is 0 Å².